The van der Waals surface area contributed by atoms with E-state index >= 15 is 0 Å². The molecule has 1 heterocycles. The molecule has 0 bridgehead atoms. The third-order valence-electron chi connectivity index (χ3n) is 1.46. The molecule has 0 aliphatic heterocycles. The lowest BCUT2D eigenvalue weighted by atomic mass is 10.3. The Kier molecular flexibility index (Phi) is 2.75. The highest BCUT2D eigenvalue weighted by molar-refractivity contribution is 7.97. The van der Waals surface area contributed by atoms with Crippen LogP contribution < -0.4 is 5.56 Å². The number of aromatic hydroxyl groups is 1. The average Bonchev–Trinajstić information content (AvgIpc) is 2.01. The van der Waals surface area contributed by atoms with Gasteiger partial charge in [-0.3, -0.25) is 4.79 Å². The maximum Gasteiger partial charge on any atom is 0.257 e. The van der Waals surface area contributed by atoms with Crippen molar-refractivity contribution in [2.75, 3.05) is 6.26 Å². The molecule has 0 radical (unpaired) electrons. The number of nitrogens with zero attached hydrogens (tertiary/aromatic N) is 1. The van der Waals surface area contributed by atoms with E-state index < -0.39 is 0 Å². The molecule has 0 amide bonds. The van der Waals surface area contributed by atoms with Crippen LogP contribution in [0.2, 0.25) is 0 Å². The number of aromatic amines is 1. The van der Waals surface area contributed by atoms with Crippen molar-refractivity contribution in [3.63, 3.8) is 0 Å². The van der Waals surface area contributed by atoms with Gasteiger partial charge in [-0.15, -0.1) is 0 Å². The zero-order chi connectivity index (χ0) is 9.14. The van der Waals surface area contributed by atoms with E-state index in [4.69, 9.17) is 5.11 Å². The summed E-state index contributed by atoms with van der Waals surface area (Å²) in [6, 6.07) is 0. The topological polar surface area (TPSA) is 66.0 Å². The number of H-pyrrole nitrogens is 1. The van der Waals surface area contributed by atoms with Crippen LogP contribution >= 0.6 is 11.8 Å². The lowest BCUT2D eigenvalue weighted by Gasteiger charge is -2.00. The molecule has 0 saturated heterocycles. The summed E-state index contributed by atoms with van der Waals surface area (Å²) in [6.45, 7) is 1.53. The van der Waals surface area contributed by atoms with E-state index in [1.807, 2.05) is 6.26 Å². The quantitative estimate of drug-likeness (QED) is 0.711. The molecule has 0 aliphatic carbocycles. The van der Waals surface area contributed by atoms with E-state index in [0.29, 0.717) is 11.6 Å². The SMILES string of the molecule is CSCc1nc(O)c(C)c(=O)[nH]1. The van der Waals surface area contributed by atoms with Gasteiger partial charge in [-0.2, -0.15) is 16.7 Å². The third kappa shape index (κ3) is 1.79. The molecule has 0 atom stereocenters. The van der Waals surface area contributed by atoms with E-state index in [1.54, 1.807) is 0 Å². The molecule has 12 heavy (non-hydrogen) atoms. The van der Waals surface area contributed by atoms with E-state index in [1.165, 1.54) is 18.7 Å². The zero-order valence-corrected chi connectivity index (χ0v) is 7.73. The van der Waals surface area contributed by atoms with E-state index in [2.05, 4.69) is 9.97 Å². The molecular weight excluding hydrogens is 176 g/mol. The Balaban J connectivity index is 3.13. The lowest BCUT2D eigenvalue weighted by Crippen LogP contribution is -2.13. The van der Waals surface area contributed by atoms with Gasteiger partial charge in [0.2, 0.25) is 5.88 Å². The number of rotatable bonds is 2. The summed E-state index contributed by atoms with van der Waals surface area (Å²) in [5.41, 5.74) is -0.00796. The minimum absolute atomic E-state index is 0.178. The first-order valence-corrected chi connectivity index (χ1v) is 4.82. The van der Waals surface area contributed by atoms with Crippen molar-refractivity contribution in [2.24, 2.45) is 0 Å². The summed E-state index contributed by atoms with van der Waals surface area (Å²) < 4.78 is 0. The van der Waals surface area contributed by atoms with Gasteiger partial charge in [0.25, 0.3) is 5.56 Å². The van der Waals surface area contributed by atoms with Gasteiger partial charge in [0.05, 0.1) is 11.3 Å². The molecule has 0 unspecified atom stereocenters. The Morgan fingerprint density at radius 2 is 2.33 bits per heavy atom. The van der Waals surface area contributed by atoms with Crippen LogP contribution in [-0.2, 0) is 5.75 Å². The molecule has 1 aromatic rings. The van der Waals surface area contributed by atoms with Crippen LogP contribution in [0.4, 0.5) is 0 Å². The second-order valence-electron chi connectivity index (χ2n) is 2.39. The lowest BCUT2D eigenvalue weighted by molar-refractivity contribution is 0.444. The van der Waals surface area contributed by atoms with Crippen molar-refractivity contribution in [1.82, 2.24) is 9.97 Å². The number of nitrogens with one attached hydrogen (secondary N) is 1. The Labute approximate surface area is 74.0 Å². The van der Waals surface area contributed by atoms with Crippen molar-refractivity contribution >= 4 is 11.8 Å². The van der Waals surface area contributed by atoms with Gasteiger partial charge in [0.1, 0.15) is 5.82 Å². The van der Waals surface area contributed by atoms with Crippen LogP contribution in [0.3, 0.4) is 0 Å². The molecule has 5 heteroatoms. The fraction of sp³-hybridized carbons (Fsp3) is 0.429. The fourth-order valence-electron chi connectivity index (χ4n) is 0.771. The minimum Gasteiger partial charge on any atom is -0.493 e. The molecule has 66 valence electrons. The number of hydrogen-bond donors (Lipinski definition) is 2. The maximum absolute atomic E-state index is 11.1. The third-order valence-corrected chi connectivity index (χ3v) is 2.02. The highest BCUT2D eigenvalue weighted by atomic mass is 32.2. The minimum atomic E-state index is -0.272. The Hall–Kier alpha value is -0.970. The Morgan fingerprint density at radius 3 is 2.83 bits per heavy atom. The molecule has 0 aliphatic rings. The molecule has 1 aromatic heterocycles. The smallest absolute Gasteiger partial charge is 0.257 e. The molecule has 0 aromatic carbocycles. The predicted octanol–water partition coefficient (Wildman–Crippen LogP) is 0.647. The summed E-state index contributed by atoms with van der Waals surface area (Å²) in [7, 11) is 0. The number of hydrogen-bond acceptors (Lipinski definition) is 4. The van der Waals surface area contributed by atoms with Crippen LogP contribution in [0.25, 0.3) is 0 Å². The molecule has 2 N–H and O–H groups in total. The number of aromatic nitrogens is 2. The summed E-state index contributed by atoms with van der Waals surface area (Å²) in [6.07, 6.45) is 1.90. The number of thioether (sulfide) groups is 1. The van der Waals surface area contributed by atoms with Gasteiger partial charge in [-0.25, -0.2) is 0 Å². The summed E-state index contributed by atoms with van der Waals surface area (Å²) in [5, 5.41) is 9.17. The van der Waals surface area contributed by atoms with Gasteiger partial charge < -0.3 is 10.1 Å². The highest BCUT2D eigenvalue weighted by Crippen LogP contribution is 2.09. The van der Waals surface area contributed by atoms with Crippen LogP contribution in [0.15, 0.2) is 4.79 Å². The van der Waals surface area contributed by atoms with Gasteiger partial charge in [0, 0.05) is 0 Å². The average molecular weight is 186 g/mol. The normalized spacial score (nSPS) is 10.2. The van der Waals surface area contributed by atoms with E-state index in [0.717, 1.165) is 0 Å². The molecule has 4 nitrogen and oxygen atoms in total. The summed E-state index contributed by atoms with van der Waals surface area (Å²) in [5.74, 6) is 0.932. The Bertz CT molecular complexity index is 335. The highest BCUT2D eigenvalue weighted by Gasteiger charge is 2.04. The van der Waals surface area contributed by atoms with Gasteiger partial charge in [0.15, 0.2) is 0 Å². The molecule has 0 fully saturated rings. The van der Waals surface area contributed by atoms with Crippen molar-refractivity contribution in [2.45, 2.75) is 12.7 Å². The van der Waals surface area contributed by atoms with E-state index in [-0.39, 0.29) is 17.0 Å². The molecular formula is C7H10N2O2S. The summed E-state index contributed by atoms with van der Waals surface area (Å²) >= 11 is 1.53. The molecule has 1 rings (SSSR count). The second-order valence-corrected chi connectivity index (χ2v) is 3.26. The first-order chi connectivity index (χ1) is 5.65. The van der Waals surface area contributed by atoms with Crippen LogP contribution in [0.1, 0.15) is 11.4 Å². The standard InChI is InChI=1S/C7H10N2O2S/c1-4-6(10)8-5(3-12-2)9-7(4)11/h3H2,1-2H3,(H2,8,9,10,11). The van der Waals surface area contributed by atoms with Crippen molar-refractivity contribution in [3.8, 4) is 5.88 Å². The maximum atomic E-state index is 11.1. The van der Waals surface area contributed by atoms with Crippen molar-refractivity contribution < 1.29 is 5.11 Å². The van der Waals surface area contributed by atoms with Crippen molar-refractivity contribution in [1.29, 1.82) is 0 Å². The van der Waals surface area contributed by atoms with Crippen molar-refractivity contribution in [3.05, 3.63) is 21.7 Å². The second kappa shape index (κ2) is 3.62. The summed E-state index contributed by atoms with van der Waals surface area (Å²) in [4.78, 5) is 17.4. The fourth-order valence-corrected chi connectivity index (χ4v) is 1.18. The largest absolute Gasteiger partial charge is 0.493 e. The molecule has 0 saturated carbocycles. The van der Waals surface area contributed by atoms with Crippen LogP contribution in [0, 0.1) is 6.92 Å². The monoisotopic (exact) mass is 186 g/mol. The van der Waals surface area contributed by atoms with E-state index in [9.17, 15) is 4.79 Å². The van der Waals surface area contributed by atoms with Gasteiger partial charge in [-0.05, 0) is 13.2 Å². The van der Waals surface area contributed by atoms with Gasteiger partial charge >= 0.3 is 0 Å². The predicted molar refractivity (Wildman–Crippen MR) is 48.5 cm³/mol. The first-order valence-electron chi connectivity index (χ1n) is 3.43. The molecule has 0 spiro atoms. The van der Waals surface area contributed by atoms with Crippen LogP contribution in [-0.4, -0.2) is 21.3 Å². The zero-order valence-electron chi connectivity index (χ0n) is 6.92. The first kappa shape index (κ1) is 9.12. The van der Waals surface area contributed by atoms with Crippen LogP contribution in [0.5, 0.6) is 5.88 Å². The van der Waals surface area contributed by atoms with Gasteiger partial charge in [-0.1, -0.05) is 0 Å². The Morgan fingerprint density at radius 1 is 1.67 bits per heavy atom.